The first-order valence-electron chi connectivity index (χ1n) is 7.13. The molecule has 5 nitrogen and oxygen atoms in total. The summed E-state index contributed by atoms with van der Waals surface area (Å²) in [6.45, 7) is 0. The van der Waals surface area contributed by atoms with Crippen LogP contribution >= 0.6 is 27.7 Å². The number of thioether (sulfide) groups is 1. The SMILES string of the molecule is COc1ccc(-c2nnc(SCc3ccccc3Br)o2)cc1OC. The van der Waals surface area contributed by atoms with E-state index in [0.717, 1.165) is 15.8 Å². The van der Waals surface area contributed by atoms with Crippen LogP contribution in [0, 0.1) is 0 Å². The third-order valence-corrected chi connectivity index (χ3v) is 4.99. The predicted molar refractivity (Wildman–Crippen MR) is 96.5 cm³/mol. The lowest BCUT2D eigenvalue weighted by molar-refractivity contribution is 0.355. The van der Waals surface area contributed by atoms with Gasteiger partial charge < -0.3 is 13.9 Å². The molecule has 7 heteroatoms. The lowest BCUT2D eigenvalue weighted by atomic mass is 10.2. The highest BCUT2D eigenvalue weighted by molar-refractivity contribution is 9.10. The summed E-state index contributed by atoms with van der Waals surface area (Å²) < 4.78 is 17.3. The van der Waals surface area contributed by atoms with Crippen LogP contribution in [0.1, 0.15) is 5.56 Å². The molecule has 1 heterocycles. The molecule has 0 aliphatic carbocycles. The number of hydrogen-bond donors (Lipinski definition) is 0. The zero-order valence-corrected chi connectivity index (χ0v) is 15.6. The van der Waals surface area contributed by atoms with E-state index in [2.05, 4.69) is 32.2 Å². The summed E-state index contributed by atoms with van der Waals surface area (Å²) in [7, 11) is 3.19. The molecule has 0 atom stereocenters. The molecule has 0 N–H and O–H groups in total. The second-order valence-electron chi connectivity index (χ2n) is 4.82. The molecular weight excluding hydrogens is 392 g/mol. The highest BCUT2D eigenvalue weighted by atomic mass is 79.9. The van der Waals surface area contributed by atoms with Gasteiger partial charge in [0.2, 0.25) is 5.89 Å². The molecule has 3 aromatic rings. The van der Waals surface area contributed by atoms with E-state index in [4.69, 9.17) is 13.9 Å². The molecule has 0 unspecified atom stereocenters. The summed E-state index contributed by atoms with van der Waals surface area (Å²) in [5.74, 6) is 2.47. The minimum atomic E-state index is 0.450. The number of ether oxygens (including phenoxy) is 2. The van der Waals surface area contributed by atoms with Gasteiger partial charge in [-0.15, -0.1) is 10.2 Å². The first kappa shape index (κ1) is 16.9. The van der Waals surface area contributed by atoms with Crippen LogP contribution in [0.15, 0.2) is 56.6 Å². The van der Waals surface area contributed by atoms with Gasteiger partial charge in [-0.05, 0) is 29.8 Å². The minimum absolute atomic E-state index is 0.450. The summed E-state index contributed by atoms with van der Waals surface area (Å²) in [6.07, 6.45) is 0. The summed E-state index contributed by atoms with van der Waals surface area (Å²) in [6, 6.07) is 13.5. The number of aromatic nitrogens is 2. The zero-order chi connectivity index (χ0) is 16.9. The zero-order valence-electron chi connectivity index (χ0n) is 13.2. The van der Waals surface area contributed by atoms with Crippen LogP contribution in [-0.4, -0.2) is 24.4 Å². The van der Waals surface area contributed by atoms with Gasteiger partial charge in [0.05, 0.1) is 14.2 Å². The Morgan fingerprint density at radius 1 is 1.04 bits per heavy atom. The third kappa shape index (κ3) is 3.73. The van der Waals surface area contributed by atoms with Crippen LogP contribution in [0.3, 0.4) is 0 Å². The molecule has 24 heavy (non-hydrogen) atoms. The van der Waals surface area contributed by atoms with Crippen LogP contribution in [0.25, 0.3) is 11.5 Å². The summed E-state index contributed by atoms with van der Waals surface area (Å²) in [4.78, 5) is 0. The van der Waals surface area contributed by atoms with Gasteiger partial charge in [-0.1, -0.05) is 45.9 Å². The summed E-state index contributed by atoms with van der Waals surface area (Å²) >= 11 is 5.03. The molecule has 0 spiro atoms. The standard InChI is InChI=1S/C17H15BrN2O3S/c1-21-14-8-7-11(9-15(14)22-2)16-19-20-17(23-16)24-10-12-5-3-4-6-13(12)18/h3-9H,10H2,1-2H3. The first-order valence-corrected chi connectivity index (χ1v) is 8.91. The Hall–Kier alpha value is -1.99. The fourth-order valence-electron chi connectivity index (χ4n) is 2.11. The number of rotatable bonds is 6. The van der Waals surface area contributed by atoms with Crippen molar-refractivity contribution in [1.82, 2.24) is 10.2 Å². The van der Waals surface area contributed by atoms with E-state index in [1.807, 2.05) is 36.4 Å². The number of halogens is 1. The van der Waals surface area contributed by atoms with Crippen LogP contribution in [-0.2, 0) is 5.75 Å². The van der Waals surface area contributed by atoms with E-state index < -0.39 is 0 Å². The molecular formula is C17H15BrN2O3S. The minimum Gasteiger partial charge on any atom is -0.493 e. The molecule has 0 aliphatic rings. The molecule has 0 bridgehead atoms. The Labute approximate surface area is 152 Å². The smallest absolute Gasteiger partial charge is 0.277 e. The molecule has 0 aliphatic heterocycles. The summed E-state index contributed by atoms with van der Waals surface area (Å²) in [5, 5.41) is 8.72. The number of benzene rings is 2. The Bertz CT molecular complexity index is 838. The molecule has 0 fully saturated rings. The highest BCUT2D eigenvalue weighted by Gasteiger charge is 2.13. The van der Waals surface area contributed by atoms with E-state index in [-0.39, 0.29) is 0 Å². The molecule has 0 radical (unpaired) electrons. The molecule has 0 saturated carbocycles. The van der Waals surface area contributed by atoms with Crippen molar-refractivity contribution in [3.63, 3.8) is 0 Å². The Kier molecular flexibility index (Phi) is 5.42. The number of hydrogen-bond acceptors (Lipinski definition) is 6. The monoisotopic (exact) mass is 406 g/mol. The van der Waals surface area contributed by atoms with Crippen molar-refractivity contribution < 1.29 is 13.9 Å². The van der Waals surface area contributed by atoms with Crippen LogP contribution in [0.5, 0.6) is 11.5 Å². The maximum Gasteiger partial charge on any atom is 0.277 e. The number of nitrogens with zero attached hydrogens (tertiary/aromatic N) is 2. The average Bonchev–Trinajstić information content (AvgIpc) is 3.09. The van der Waals surface area contributed by atoms with Gasteiger partial charge in [0, 0.05) is 15.8 Å². The Morgan fingerprint density at radius 3 is 2.58 bits per heavy atom. The second kappa shape index (κ2) is 7.72. The largest absolute Gasteiger partial charge is 0.493 e. The molecule has 1 aromatic heterocycles. The Morgan fingerprint density at radius 2 is 1.83 bits per heavy atom. The Balaban J connectivity index is 1.75. The van der Waals surface area contributed by atoms with Gasteiger partial charge in [0.15, 0.2) is 11.5 Å². The maximum absolute atomic E-state index is 5.73. The van der Waals surface area contributed by atoms with Gasteiger partial charge in [0.25, 0.3) is 5.22 Å². The van der Waals surface area contributed by atoms with Crippen molar-refractivity contribution in [2.24, 2.45) is 0 Å². The van der Waals surface area contributed by atoms with Crippen molar-refractivity contribution in [2.75, 3.05) is 14.2 Å². The van der Waals surface area contributed by atoms with Crippen molar-refractivity contribution in [3.05, 3.63) is 52.5 Å². The quantitative estimate of drug-likeness (QED) is 0.547. The normalized spacial score (nSPS) is 10.6. The molecule has 0 amide bonds. The van der Waals surface area contributed by atoms with Gasteiger partial charge >= 0.3 is 0 Å². The predicted octanol–water partition coefficient (Wildman–Crippen LogP) is 4.81. The topological polar surface area (TPSA) is 57.4 Å². The van der Waals surface area contributed by atoms with Crippen LogP contribution < -0.4 is 9.47 Å². The van der Waals surface area contributed by atoms with Gasteiger partial charge in [0.1, 0.15) is 0 Å². The fourth-order valence-corrected chi connectivity index (χ4v) is 3.49. The van der Waals surface area contributed by atoms with Gasteiger partial charge in [-0.25, -0.2) is 0 Å². The van der Waals surface area contributed by atoms with Crippen LogP contribution in [0.2, 0.25) is 0 Å². The van der Waals surface area contributed by atoms with E-state index in [1.165, 1.54) is 17.3 Å². The van der Waals surface area contributed by atoms with Crippen LogP contribution in [0.4, 0.5) is 0 Å². The van der Waals surface area contributed by atoms with Gasteiger partial charge in [-0.3, -0.25) is 0 Å². The van der Waals surface area contributed by atoms with Crippen molar-refractivity contribution in [1.29, 1.82) is 0 Å². The van der Waals surface area contributed by atoms with E-state index >= 15 is 0 Å². The van der Waals surface area contributed by atoms with E-state index in [1.54, 1.807) is 14.2 Å². The molecule has 0 saturated heterocycles. The van der Waals surface area contributed by atoms with E-state index in [9.17, 15) is 0 Å². The third-order valence-electron chi connectivity index (χ3n) is 3.35. The highest BCUT2D eigenvalue weighted by Crippen LogP contribution is 2.33. The molecule has 124 valence electrons. The molecule has 2 aromatic carbocycles. The molecule has 3 rings (SSSR count). The number of methoxy groups -OCH3 is 2. The fraction of sp³-hybridized carbons (Fsp3) is 0.176. The lowest BCUT2D eigenvalue weighted by Crippen LogP contribution is -1.90. The summed E-state index contributed by atoms with van der Waals surface area (Å²) in [5.41, 5.74) is 1.96. The average molecular weight is 407 g/mol. The van der Waals surface area contributed by atoms with Gasteiger partial charge in [-0.2, -0.15) is 0 Å². The van der Waals surface area contributed by atoms with Crippen molar-refractivity contribution in [2.45, 2.75) is 11.0 Å². The maximum atomic E-state index is 5.73. The van der Waals surface area contributed by atoms with Crippen molar-refractivity contribution in [3.8, 4) is 23.0 Å². The second-order valence-corrected chi connectivity index (χ2v) is 6.60. The first-order chi connectivity index (χ1) is 11.7. The lowest BCUT2D eigenvalue weighted by Gasteiger charge is -2.07. The van der Waals surface area contributed by atoms with E-state index in [0.29, 0.717) is 22.6 Å². The van der Waals surface area contributed by atoms with Crippen molar-refractivity contribution >= 4 is 27.7 Å².